The number of anilines is 4. The second-order valence-corrected chi connectivity index (χ2v) is 10.5. The maximum atomic E-state index is 14.7. The molecule has 5 rings (SSSR count). The van der Waals surface area contributed by atoms with E-state index in [1.807, 2.05) is 36.4 Å². The SMILES string of the molecule is CSC1=NNNN1c1cc(Nc2ncc(F)c(N[C@@H]3C[C@@H]4CCCN4C(C)(C)C3)n2)ccc1C.[HH].[HH]. The van der Waals surface area contributed by atoms with Crippen molar-refractivity contribution in [2.75, 3.05) is 28.4 Å². The van der Waals surface area contributed by atoms with Crippen LogP contribution in [0.15, 0.2) is 29.5 Å². The quantitative estimate of drug-likeness (QED) is 0.486. The van der Waals surface area contributed by atoms with Crippen LogP contribution in [0.2, 0.25) is 0 Å². The molecular formula is C23H36FN9S. The average Bonchev–Trinajstić information content (AvgIpc) is 3.47. The first-order chi connectivity index (χ1) is 16.3. The molecule has 0 radical (unpaired) electrons. The molecule has 0 unspecified atom stereocenters. The molecule has 2 atom stereocenters. The number of fused-ring (bicyclic) bond motifs is 1. The molecule has 3 aliphatic rings. The van der Waals surface area contributed by atoms with Crippen LogP contribution in [0, 0.1) is 12.7 Å². The van der Waals surface area contributed by atoms with Gasteiger partial charge in [0.25, 0.3) is 0 Å². The van der Waals surface area contributed by atoms with Crippen LogP contribution in [0.1, 0.15) is 47.9 Å². The maximum Gasteiger partial charge on any atom is 0.229 e. The van der Waals surface area contributed by atoms with Crippen molar-refractivity contribution >= 4 is 40.1 Å². The minimum atomic E-state index is -0.435. The molecule has 1 aromatic carbocycles. The Balaban J connectivity index is 0.00000180. The Morgan fingerprint density at radius 1 is 1.32 bits per heavy atom. The molecule has 2 aromatic rings. The first-order valence-corrected chi connectivity index (χ1v) is 12.9. The van der Waals surface area contributed by atoms with Gasteiger partial charge >= 0.3 is 0 Å². The van der Waals surface area contributed by atoms with Gasteiger partial charge in [-0.3, -0.25) is 4.90 Å². The number of piperidine rings is 1. The minimum absolute atomic E-state index is 0. The molecule has 1 aromatic heterocycles. The zero-order valence-corrected chi connectivity index (χ0v) is 20.8. The smallest absolute Gasteiger partial charge is 0.229 e. The highest BCUT2D eigenvalue weighted by Crippen LogP contribution is 2.38. The van der Waals surface area contributed by atoms with Crippen LogP contribution < -0.4 is 26.7 Å². The van der Waals surface area contributed by atoms with Crippen molar-refractivity contribution < 1.29 is 7.24 Å². The molecule has 4 N–H and O–H groups in total. The summed E-state index contributed by atoms with van der Waals surface area (Å²) in [6.07, 6.45) is 7.60. The molecule has 9 nitrogen and oxygen atoms in total. The van der Waals surface area contributed by atoms with Gasteiger partial charge in [0.2, 0.25) is 11.1 Å². The first-order valence-electron chi connectivity index (χ1n) is 11.7. The Kier molecular flexibility index (Phi) is 6.26. The monoisotopic (exact) mass is 489 g/mol. The summed E-state index contributed by atoms with van der Waals surface area (Å²) in [5, 5.41) is 13.5. The van der Waals surface area contributed by atoms with Gasteiger partial charge in [0.05, 0.1) is 11.9 Å². The third kappa shape index (κ3) is 4.51. The van der Waals surface area contributed by atoms with Crippen LogP contribution in [0.25, 0.3) is 0 Å². The topological polar surface area (TPSA) is 92.7 Å². The van der Waals surface area contributed by atoms with E-state index in [4.69, 9.17) is 0 Å². The Morgan fingerprint density at radius 3 is 3.00 bits per heavy atom. The second kappa shape index (κ2) is 9.20. The number of nitrogens with zero attached hydrogens (tertiary/aromatic N) is 5. The van der Waals surface area contributed by atoms with Crippen LogP contribution in [0.3, 0.4) is 0 Å². The molecule has 11 heteroatoms. The van der Waals surface area contributed by atoms with Gasteiger partial charge in [-0.15, -0.1) is 10.6 Å². The Morgan fingerprint density at radius 2 is 2.18 bits per heavy atom. The maximum absolute atomic E-state index is 14.7. The molecule has 4 heterocycles. The van der Waals surface area contributed by atoms with Gasteiger partial charge in [0.1, 0.15) is 0 Å². The minimum Gasteiger partial charge on any atom is -0.365 e. The lowest BCUT2D eigenvalue weighted by molar-refractivity contribution is 0.0500. The van der Waals surface area contributed by atoms with E-state index in [0.717, 1.165) is 41.5 Å². The van der Waals surface area contributed by atoms with Gasteiger partial charge < -0.3 is 10.6 Å². The van der Waals surface area contributed by atoms with Crippen molar-refractivity contribution in [2.45, 2.75) is 64.1 Å². The molecule has 0 amide bonds. The largest absolute Gasteiger partial charge is 0.365 e. The summed E-state index contributed by atoms with van der Waals surface area (Å²) in [4.78, 5) is 11.3. The highest BCUT2D eigenvalue weighted by Gasteiger charge is 2.43. The zero-order chi connectivity index (χ0) is 23.9. The van der Waals surface area contributed by atoms with E-state index >= 15 is 0 Å². The summed E-state index contributed by atoms with van der Waals surface area (Å²) in [6, 6.07) is 6.68. The fourth-order valence-corrected chi connectivity index (χ4v) is 5.88. The molecule has 3 aliphatic heterocycles. The normalized spacial score (nSPS) is 23.9. The number of hydrogen-bond donors (Lipinski definition) is 4. The first kappa shape index (κ1) is 23.1. The Bertz CT molecular complexity index is 1100. The summed E-state index contributed by atoms with van der Waals surface area (Å²) in [5.74, 6) is 0.164. The molecule has 0 saturated carbocycles. The van der Waals surface area contributed by atoms with Crippen molar-refractivity contribution in [2.24, 2.45) is 5.10 Å². The van der Waals surface area contributed by atoms with E-state index in [1.54, 1.807) is 0 Å². The number of amidine groups is 1. The van der Waals surface area contributed by atoms with E-state index < -0.39 is 5.82 Å². The molecule has 186 valence electrons. The van der Waals surface area contributed by atoms with E-state index in [9.17, 15) is 4.39 Å². The molecule has 0 aliphatic carbocycles. The van der Waals surface area contributed by atoms with E-state index in [2.05, 4.69) is 55.5 Å². The van der Waals surface area contributed by atoms with Crippen LogP contribution in [0.4, 0.5) is 27.5 Å². The lowest BCUT2D eigenvalue weighted by Crippen LogP contribution is -2.55. The van der Waals surface area contributed by atoms with Crippen LogP contribution in [-0.4, -0.2) is 50.5 Å². The molecule has 2 saturated heterocycles. The summed E-state index contributed by atoms with van der Waals surface area (Å²) >= 11 is 1.53. The van der Waals surface area contributed by atoms with Crippen molar-refractivity contribution in [1.29, 1.82) is 0 Å². The predicted molar refractivity (Wildman–Crippen MR) is 141 cm³/mol. The van der Waals surface area contributed by atoms with E-state index in [0.29, 0.717) is 12.0 Å². The fraction of sp³-hybridized carbons (Fsp3) is 0.522. The van der Waals surface area contributed by atoms with Gasteiger partial charge in [-0.1, -0.05) is 17.8 Å². The van der Waals surface area contributed by atoms with Gasteiger partial charge in [-0.05, 0) is 77.0 Å². The summed E-state index contributed by atoms with van der Waals surface area (Å²) < 4.78 is 14.7. The lowest BCUT2D eigenvalue weighted by atomic mass is 9.84. The molecule has 2 fully saturated rings. The van der Waals surface area contributed by atoms with Crippen LogP contribution in [-0.2, 0) is 0 Å². The summed E-state index contributed by atoms with van der Waals surface area (Å²) in [5.41, 5.74) is 8.72. The van der Waals surface area contributed by atoms with Crippen LogP contribution in [0.5, 0.6) is 0 Å². The van der Waals surface area contributed by atoms with Crippen molar-refractivity contribution in [3.63, 3.8) is 0 Å². The number of hydrogen-bond acceptors (Lipinski definition) is 10. The molecule has 34 heavy (non-hydrogen) atoms. The van der Waals surface area contributed by atoms with Crippen molar-refractivity contribution in [3.05, 3.63) is 35.8 Å². The number of aromatic nitrogens is 2. The number of nitrogens with one attached hydrogen (secondary N) is 4. The summed E-state index contributed by atoms with van der Waals surface area (Å²) in [6.45, 7) is 7.77. The molecular weight excluding hydrogens is 453 g/mol. The Labute approximate surface area is 206 Å². The third-order valence-corrected chi connectivity index (χ3v) is 7.57. The van der Waals surface area contributed by atoms with Crippen molar-refractivity contribution in [1.82, 2.24) is 25.9 Å². The standard InChI is InChI=1S/C23H32FN9S.2H2/c1-14-7-8-15(11-19(14)33-22(34-4)29-30-31-33)27-21-25-13-18(24)20(28-21)26-16-10-17-6-5-9-32(17)23(2,3)12-16;;/h7-8,11,13,16-17,30-31H,5-6,9-10,12H2,1-4H3,(H2,25,26,27,28);2*1H/t16-,17+;;/m1../s1. The van der Waals surface area contributed by atoms with Crippen LogP contribution >= 0.6 is 11.8 Å². The van der Waals surface area contributed by atoms with E-state index in [-0.39, 0.29) is 20.3 Å². The Hall–Kier alpha value is -2.63. The second-order valence-electron chi connectivity index (χ2n) is 9.76. The number of halogens is 1. The highest BCUT2D eigenvalue weighted by atomic mass is 32.2. The highest BCUT2D eigenvalue weighted by molar-refractivity contribution is 8.13. The molecule has 0 spiro atoms. The number of hydrazine groups is 2. The van der Waals surface area contributed by atoms with Gasteiger partial charge in [-0.2, -0.15) is 4.98 Å². The number of aryl methyl sites for hydroxylation is 1. The van der Waals surface area contributed by atoms with Crippen molar-refractivity contribution in [3.8, 4) is 0 Å². The van der Waals surface area contributed by atoms with Gasteiger partial charge in [-0.25, -0.2) is 19.9 Å². The van der Waals surface area contributed by atoms with Gasteiger partial charge in [0, 0.05) is 26.2 Å². The zero-order valence-electron chi connectivity index (χ0n) is 20.0. The van der Waals surface area contributed by atoms with E-state index in [1.165, 1.54) is 30.8 Å². The predicted octanol–water partition coefficient (Wildman–Crippen LogP) is 4.44. The third-order valence-electron chi connectivity index (χ3n) is 6.94. The fourth-order valence-electron chi connectivity index (χ4n) is 5.42. The average molecular weight is 490 g/mol. The summed E-state index contributed by atoms with van der Waals surface area (Å²) in [7, 11) is 0. The number of benzene rings is 1. The number of thioether (sulfide) groups is 1. The lowest BCUT2D eigenvalue weighted by Gasteiger charge is -2.47. The number of hydrazone groups is 1. The van der Waals surface area contributed by atoms with Gasteiger partial charge in [0.15, 0.2) is 11.6 Å². The molecule has 0 bridgehead atoms. The number of rotatable bonds is 5.